The summed E-state index contributed by atoms with van der Waals surface area (Å²) in [5.74, 6) is 1.31. The standard InChI is InChI=1S/C13H26N2O3S/c1-2-9-19-10-5-7-12(16)15-8-4-3-6-11(14)13(17)18/h11H,2-10,14H2,1H3,(H,15,16)(H,17,18)/t11-/m0/s1. The van der Waals surface area contributed by atoms with E-state index in [0.717, 1.165) is 30.8 Å². The first-order chi connectivity index (χ1) is 9.07. The zero-order chi connectivity index (χ0) is 14.5. The highest BCUT2D eigenvalue weighted by atomic mass is 32.2. The summed E-state index contributed by atoms with van der Waals surface area (Å²) in [6.45, 7) is 2.75. The second-order valence-corrected chi connectivity index (χ2v) is 5.73. The first-order valence-electron chi connectivity index (χ1n) is 6.90. The van der Waals surface area contributed by atoms with Gasteiger partial charge < -0.3 is 16.2 Å². The molecule has 0 unspecified atom stereocenters. The molecule has 5 nitrogen and oxygen atoms in total. The molecule has 0 radical (unpaired) electrons. The molecule has 0 saturated carbocycles. The SMILES string of the molecule is CCCSCCCC(=O)NCCCC[C@H](N)C(=O)O. The van der Waals surface area contributed by atoms with Crippen molar-refractivity contribution in [1.82, 2.24) is 5.32 Å². The third-order valence-corrected chi connectivity index (χ3v) is 3.90. The van der Waals surface area contributed by atoms with Crippen LogP contribution in [0.1, 0.15) is 45.4 Å². The molecule has 0 saturated heterocycles. The number of nitrogens with one attached hydrogen (secondary N) is 1. The molecule has 1 amide bonds. The fourth-order valence-corrected chi connectivity index (χ4v) is 2.35. The highest BCUT2D eigenvalue weighted by Gasteiger charge is 2.10. The van der Waals surface area contributed by atoms with E-state index >= 15 is 0 Å². The maximum atomic E-state index is 11.4. The Morgan fingerprint density at radius 3 is 2.63 bits per heavy atom. The van der Waals surface area contributed by atoms with Gasteiger partial charge in [0.1, 0.15) is 6.04 Å². The van der Waals surface area contributed by atoms with Crippen molar-refractivity contribution in [2.24, 2.45) is 5.73 Å². The van der Waals surface area contributed by atoms with Gasteiger partial charge in [-0.15, -0.1) is 0 Å². The molecule has 4 N–H and O–H groups in total. The van der Waals surface area contributed by atoms with E-state index in [1.165, 1.54) is 6.42 Å². The summed E-state index contributed by atoms with van der Waals surface area (Å²) in [5, 5.41) is 11.4. The van der Waals surface area contributed by atoms with Crippen molar-refractivity contribution in [3.8, 4) is 0 Å². The van der Waals surface area contributed by atoms with Gasteiger partial charge in [0.15, 0.2) is 0 Å². The molecule has 0 rings (SSSR count). The summed E-state index contributed by atoms with van der Waals surface area (Å²) in [5.41, 5.74) is 5.37. The minimum absolute atomic E-state index is 0.0830. The van der Waals surface area contributed by atoms with Crippen LogP contribution >= 0.6 is 11.8 Å². The Morgan fingerprint density at radius 2 is 2.00 bits per heavy atom. The van der Waals surface area contributed by atoms with Crippen molar-refractivity contribution in [3.05, 3.63) is 0 Å². The zero-order valence-corrected chi connectivity index (χ0v) is 12.5. The molecule has 0 heterocycles. The quantitative estimate of drug-likeness (QED) is 0.475. The molecular formula is C13H26N2O3S. The lowest BCUT2D eigenvalue weighted by Crippen LogP contribution is -2.30. The lowest BCUT2D eigenvalue weighted by Gasteiger charge is -2.07. The fourth-order valence-electron chi connectivity index (χ4n) is 1.51. The molecule has 1 atom stereocenters. The third-order valence-electron chi connectivity index (χ3n) is 2.62. The average molecular weight is 290 g/mol. The Kier molecular flexibility index (Phi) is 11.8. The van der Waals surface area contributed by atoms with Crippen molar-refractivity contribution < 1.29 is 14.7 Å². The molecule has 6 heteroatoms. The second kappa shape index (κ2) is 12.3. The van der Waals surface area contributed by atoms with Crippen molar-refractivity contribution in [2.75, 3.05) is 18.1 Å². The van der Waals surface area contributed by atoms with E-state index in [2.05, 4.69) is 12.2 Å². The summed E-state index contributed by atoms with van der Waals surface area (Å²) >= 11 is 1.88. The molecule has 112 valence electrons. The van der Waals surface area contributed by atoms with E-state index in [4.69, 9.17) is 10.8 Å². The van der Waals surface area contributed by atoms with Crippen LogP contribution in [-0.2, 0) is 9.59 Å². The number of rotatable bonds is 12. The molecule has 0 bridgehead atoms. The van der Waals surface area contributed by atoms with Crippen LogP contribution in [0.4, 0.5) is 0 Å². The van der Waals surface area contributed by atoms with Gasteiger partial charge in [-0.05, 0) is 43.6 Å². The number of carboxylic acid groups (broad SMARTS) is 1. The topological polar surface area (TPSA) is 92.4 Å². The van der Waals surface area contributed by atoms with Crippen LogP contribution in [0.3, 0.4) is 0 Å². The summed E-state index contributed by atoms with van der Waals surface area (Å²) in [4.78, 5) is 21.9. The monoisotopic (exact) mass is 290 g/mol. The predicted octanol–water partition coefficient (Wildman–Crippen LogP) is 1.61. The molecule has 0 aromatic rings. The Balaban J connectivity index is 3.31. The fraction of sp³-hybridized carbons (Fsp3) is 0.846. The van der Waals surface area contributed by atoms with E-state index in [-0.39, 0.29) is 5.91 Å². The van der Waals surface area contributed by atoms with Gasteiger partial charge in [0.05, 0.1) is 0 Å². The first kappa shape index (κ1) is 18.2. The average Bonchev–Trinajstić information content (AvgIpc) is 2.37. The maximum absolute atomic E-state index is 11.4. The van der Waals surface area contributed by atoms with E-state index < -0.39 is 12.0 Å². The minimum Gasteiger partial charge on any atom is -0.480 e. The molecule has 0 aliphatic heterocycles. The Morgan fingerprint density at radius 1 is 1.26 bits per heavy atom. The maximum Gasteiger partial charge on any atom is 0.320 e. The van der Waals surface area contributed by atoms with Gasteiger partial charge in [0.2, 0.25) is 5.91 Å². The van der Waals surface area contributed by atoms with Crippen molar-refractivity contribution in [3.63, 3.8) is 0 Å². The van der Waals surface area contributed by atoms with Crippen molar-refractivity contribution >= 4 is 23.6 Å². The summed E-state index contributed by atoms with van der Waals surface area (Å²) in [6.07, 6.45) is 4.62. The number of thioether (sulfide) groups is 1. The van der Waals surface area contributed by atoms with E-state index in [1.807, 2.05) is 11.8 Å². The Bertz CT molecular complexity index is 262. The molecule has 0 aliphatic rings. The van der Waals surface area contributed by atoms with E-state index in [9.17, 15) is 9.59 Å². The number of hydrogen-bond donors (Lipinski definition) is 3. The number of nitrogens with two attached hydrogens (primary N) is 1. The molecular weight excluding hydrogens is 264 g/mol. The Labute approximate surface area is 119 Å². The number of hydrogen-bond acceptors (Lipinski definition) is 4. The van der Waals surface area contributed by atoms with Crippen LogP contribution in [0.25, 0.3) is 0 Å². The molecule has 0 fully saturated rings. The zero-order valence-electron chi connectivity index (χ0n) is 11.7. The number of carbonyl (C=O) groups is 2. The number of amides is 1. The number of unbranched alkanes of at least 4 members (excludes halogenated alkanes) is 1. The largest absolute Gasteiger partial charge is 0.480 e. The Hall–Kier alpha value is -0.750. The highest BCUT2D eigenvalue weighted by Crippen LogP contribution is 2.05. The van der Waals surface area contributed by atoms with Crippen molar-refractivity contribution in [2.45, 2.75) is 51.5 Å². The molecule has 19 heavy (non-hydrogen) atoms. The van der Waals surface area contributed by atoms with Gasteiger partial charge in [0.25, 0.3) is 0 Å². The molecule has 0 aromatic carbocycles. The molecule has 0 spiro atoms. The summed E-state index contributed by atoms with van der Waals surface area (Å²) in [7, 11) is 0. The second-order valence-electron chi connectivity index (χ2n) is 4.51. The number of aliphatic carboxylic acids is 1. The lowest BCUT2D eigenvalue weighted by molar-refractivity contribution is -0.138. The first-order valence-corrected chi connectivity index (χ1v) is 8.06. The van der Waals surface area contributed by atoms with Crippen LogP contribution in [0.5, 0.6) is 0 Å². The van der Waals surface area contributed by atoms with Crippen LogP contribution in [-0.4, -0.2) is 41.1 Å². The molecule has 0 aromatic heterocycles. The number of carboxylic acids is 1. The van der Waals surface area contributed by atoms with Crippen LogP contribution < -0.4 is 11.1 Å². The normalized spacial score (nSPS) is 12.1. The van der Waals surface area contributed by atoms with E-state index in [1.54, 1.807) is 0 Å². The van der Waals surface area contributed by atoms with Gasteiger partial charge in [-0.3, -0.25) is 9.59 Å². The van der Waals surface area contributed by atoms with Crippen LogP contribution in [0.15, 0.2) is 0 Å². The van der Waals surface area contributed by atoms with Gasteiger partial charge in [-0.1, -0.05) is 6.92 Å². The summed E-state index contributed by atoms with van der Waals surface area (Å²) < 4.78 is 0. The van der Waals surface area contributed by atoms with Gasteiger partial charge in [-0.2, -0.15) is 11.8 Å². The van der Waals surface area contributed by atoms with E-state index in [0.29, 0.717) is 19.4 Å². The van der Waals surface area contributed by atoms with Crippen LogP contribution in [0.2, 0.25) is 0 Å². The highest BCUT2D eigenvalue weighted by molar-refractivity contribution is 7.99. The number of carbonyl (C=O) groups excluding carboxylic acids is 1. The van der Waals surface area contributed by atoms with Gasteiger partial charge >= 0.3 is 5.97 Å². The minimum atomic E-state index is -0.964. The van der Waals surface area contributed by atoms with Crippen LogP contribution in [0, 0.1) is 0 Å². The summed E-state index contributed by atoms with van der Waals surface area (Å²) in [6, 6.07) is -0.786. The lowest BCUT2D eigenvalue weighted by atomic mass is 10.1. The smallest absolute Gasteiger partial charge is 0.320 e. The molecule has 0 aliphatic carbocycles. The third kappa shape index (κ3) is 12.0. The van der Waals surface area contributed by atoms with Crippen molar-refractivity contribution in [1.29, 1.82) is 0 Å². The predicted molar refractivity (Wildman–Crippen MR) is 79.3 cm³/mol. The van der Waals surface area contributed by atoms with Gasteiger partial charge in [-0.25, -0.2) is 0 Å². The van der Waals surface area contributed by atoms with Gasteiger partial charge in [0, 0.05) is 13.0 Å².